The summed E-state index contributed by atoms with van der Waals surface area (Å²) >= 11 is 0. The minimum atomic E-state index is -1.63. The lowest BCUT2D eigenvalue weighted by atomic mass is 9.80. The fourth-order valence-electron chi connectivity index (χ4n) is 0.284. The minimum Gasteiger partial charge on any atom is -0.423 e. The minimum absolute atomic E-state index is 0.0267. The lowest BCUT2D eigenvalue weighted by Gasteiger charge is -1.93. The molecule has 0 radical (unpaired) electrons. The van der Waals surface area contributed by atoms with Gasteiger partial charge in [0.25, 0.3) is 0 Å². The molecule has 2 nitrogen and oxygen atoms in total. The molecule has 0 unspecified atom stereocenters. The van der Waals surface area contributed by atoms with Crippen molar-refractivity contribution in [2.75, 3.05) is 0 Å². The summed E-state index contributed by atoms with van der Waals surface area (Å²) in [4.78, 5) is 0. The molecular formula is C6H8BFO2. The zero-order valence-corrected chi connectivity index (χ0v) is 5.42. The molecular weight excluding hydrogens is 134 g/mol. The normalized spacial score (nSPS) is 9.90. The Morgan fingerprint density at radius 2 is 1.80 bits per heavy atom. The van der Waals surface area contributed by atoms with Gasteiger partial charge in [0.1, 0.15) is 5.83 Å². The Morgan fingerprint density at radius 1 is 1.30 bits per heavy atom. The van der Waals surface area contributed by atoms with Gasteiger partial charge in [-0.05, 0) is 11.5 Å². The lowest BCUT2D eigenvalue weighted by Crippen LogP contribution is -2.12. The fourth-order valence-corrected chi connectivity index (χ4v) is 0.284. The highest BCUT2D eigenvalue weighted by atomic mass is 19.1. The molecule has 0 aliphatic carbocycles. The fraction of sp³-hybridized carbons (Fsp3) is 0. The molecule has 0 aliphatic heterocycles. The van der Waals surface area contributed by atoms with Crippen molar-refractivity contribution in [3.8, 4) is 0 Å². The van der Waals surface area contributed by atoms with E-state index in [4.69, 9.17) is 10.0 Å². The van der Waals surface area contributed by atoms with Crippen LogP contribution in [-0.4, -0.2) is 17.2 Å². The summed E-state index contributed by atoms with van der Waals surface area (Å²) < 4.78 is 11.8. The maximum absolute atomic E-state index is 11.8. The first-order valence-electron chi connectivity index (χ1n) is 2.61. The third-order valence-electron chi connectivity index (χ3n) is 0.810. The predicted molar refractivity (Wildman–Crippen MR) is 38.7 cm³/mol. The molecule has 2 N–H and O–H groups in total. The summed E-state index contributed by atoms with van der Waals surface area (Å²) in [5.74, 6) is -0.651. The second-order valence-electron chi connectivity index (χ2n) is 1.73. The Hall–Kier alpha value is -0.865. The van der Waals surface area contributed by atoms with E-state index in [1.165, 1.54) is 0 Å². The average Bonchev–Trinajstić information content (AvgIpc) is 1.82. The molecule has 4 heteroatoms. The molecule has 0 fully saturated rings. The molecule has 0 aromatic rings. The van der Waals surface area contributed by atoms with Crippen molar-refractivity contribution in [2.45, 2.75) is 0 Å². The first kappa shape index (κ1) is 9.13. The van der Waals surface area contributed by atoms with E-state index in [0.717, 1.165) is 12.2 Å². The summed E-state index contributed by atoms with van der Waals surface area (Å²) in [5.41, 5.74) is 0.0267. The zero-order valence-electron chi connectivity index (χ0n) is 5.42. The van der Waals surface area contributed by atoms with Crippen LogP contribution in [0.1, 0.15) is 0 Å². The van der Waals surface area contributed by atoms with Gasteiger partial charge in [-0.15, -0.1) is 0 Å². The standard InChI is InChI=1S/C6H8BFO2/c1-5(7(9)10)3-4-6(2)8/h3-4,9-10H,1-2H2/b4-3-. The van der Waals surface area contributed by atoms with Crippen LogP contribution in [0.25, 0.3) is 0 Å². The Labute approximate surface area is 59.1 Å². The molecule has 0 amide bonds. The average molecular weight is 142 g/mol. The van der Waals surface area contributed by atoms with E-state index in [9.17, 15) is 4.39 Å². The molecule has 0 spiro atoms. The number of halogens is 1. The third kappa shape index (κ3) is 4.06. The van der Waals surface area contributed by atoms with Gasteiger partial charge in [0.15, 0.2) is 0 Å². The van der Waals surface area contributed by atoms with Crippen LogP contribution >= 0.6 is 0 Å². The monoisotopic (exact) mass is 142 g/mol. The number of rotatable bonds is 3. The van der Waals surface area contributed by atoms with Crippen LogP contribution in [0.3, 0.4) is 0 Å². The van der Waals surface area contributed by atoms with E-state index in [2.05, 4.69) is 13.2 Å². The molecule has 0 aromatic carbocycles. The van der Waals surface area contributed by atoms with E-state index >= 15 is 0 Å². The Bertz CT molecular complexity index is 175. The molecule has 0 saturated heterocycles. The van der Waals surface area contributed by atoms with Crippen LogP contribution in [0.15, 0.2) is 36.6 Å². The Kier molecular flexibility index (Phi) is 3.68. The number of allylic oxidation sites excluding steroid dienone is 4. The number of hydrogen-bond acceptors (Lipinski definition) is 2. The van der Waals surface area contributed by atoms with Crippen LogP contribution < -0.4 is 0 Å². The maximum atomic E-state index is 11.8. The van der Waals surface area contributed by atoms with Crippen LogP contribution in [0.5, 0.6) is 0 Å². The van der Waals surface area contributed by atoms with Crippen molar-refractivity contribution in [2.24, 2.45) is 0 Å². The summed E-state index contributed by atoms with van der Waals surface area (Å²) in [6.45, 7) is 6.16. The molecule has 0 aromatic heterocycles. The van der Waals surface area contributed by atoms with Gasteiger partial charge in [0, 0.05) is 0 Å². The number of hydrogen-bond donors (Lipinski definition) is 2. The van der Waals surface area contributed by atoms with Crippen LogP contribution in [0, 0.1) is 0 Å². The second-order valence-corrected chi connectivity index (χ2v) is 1.73. The van der Waals surface area contributed by atoms with Crippen molar-refractivity contribution >= 4 is 7.12 Å². The van der Waals surface area contributed by atoms with Gasteiger partial charge >= 0.3 is 7.12 Å². The molecule has 54 valence electrons. The molecule has 0 atom stereocenters. The van der Waals surface area contributed by atoms with E-state index in [0.29, 0.717) is 0 Å². The van der Waals surface area contributed by atoms with E-state index < -0.39 is 12.9 Å². The zero-order chi connectivity index (χ0) is 8.15. The summed E-state index contributed by atoms with van der Waals surface area (Å²) in [6.07, 6.45) is 2.15. The predicted octanol–water partition coefficient (Wildman–Crippen LogP) is 0.594. The summed E-state index contributed by atoms with van der Waals surface area (Å²) in [6, 6.07) is 0. The van der Waals surface area contributed by atoms with E-state index in [1.54, 1.807) is 0 Å². The highest BCUT2D eigenvalue weighted by Crippen LogP contribution is 1.99. The quantitative estimate of drug-likeness (QED) is 0.447. The SMILES string of the molecule is C=C(F)/C=C\C(=C)B(O)O. The van der Waals surface area contributed by atoms with Gasteiger partial charge in [-0.2, -0.15) is 0 Å². The highest BCUT2D eigenvalue weighted by molar-refractivity contribution is 6.51. The van der Waals surface area contributed by atoms with Crippen molar-refractivity contribution in [1.29, 1.82) is 0 Å². The Morgan fingerprint density at radius 3 is 2.10 bits per heavy atom. The molecule has 0 heterocycles. The van der Waals surface area contributed by atoms with Crippen molar-refractivity contribution in [3.63, 3.8) is 0 Å². The van der Waals surface area contributed by atoms with Gasteiger partial charge in [-0.3, -0.25) is 0 Å². The van der Waals surface area contributed by atoms with Crippen molar-refractivity contribution in [3.05, 3.63) is 36.6 Å². The van der Waals surface area contributed by atoms with Crippen LogP contribution in [0.2, 0.25) is 0 Å². The van der Waals surface area contributed by atoms with Gasteiger partial charge < -0.3 is 10.0 Å². The first-order valence-corrected chi connectivity index (χ1v) is 2.61. The smallest absolute Gasteiger partial charge is 0.423 e. The largest absolute Gasteiger partial charge is 0.487 e. The summed E-state index contributed by atoms with van der Waals surface area (Å²) in [5, 5.41) is 16.8. The first-order chi connectivity index (χ1) is 4.54. The highest BCUT2D eigenvalue weighted by Gasteiger charge is 2.07. The van der Waals surface area contributed by atoms with Crippen molar-refractivity contribution in [1.82, 2.24) is 0 Å². The topological polar surface area (TPSA) is 40.5 Å². The lowest BCUT2D eigenvalue weighted by molar-refractivity contribution is 0.421. The second kappa shape index (κ2) is 4.03. The van der Waals surface area contributed by atoms with E-state index in [-0.39, 0.29) is 5.47 Å². The molecule has 10 heavy (non-hydrogen) atoms. The molecule has 0 saturated carbocycles. The Balaban J connectivity index is 3.90. The molecule has 0 rings (SSSR count). The molecule has 0 bridgehead atoms. The van der Waals surface area contributed by atoms with Gasteiger partial charge in [-0.1, -0.05) is 19.2 Å². The third-order valence-corrected chi connectivity index (χ3v) is 0.810. The van der Waals surface area contributed by atoms with Crippen LogP contribution in [-0.2, 0) is 0 Å². The summed E-state index contributed by atoms with van der Waals surface area (Å²) in [7, 11) is -1.63. The molecule has 0 aliphatic rings. The van der Waals surface area contributed by atoms with Crippen molar-refractivity contribution < 1.29 is 14.4 Å². The van der Waals surface area contributed by atoms with Crippen LogP contribution in [0.4, 0.5) is 4.39 Å². The van der Waals surface area contributed by atoms with Gasteiger partial charge in [0.2, 0.25) is 0 Å². The van der Waals surface area contributed by atoms with E-state index in [1.807, 2.05) is 0 Å². The maximum Gasteiger partial charge on any atom is 0.487 e. The van der Waals surface area contributed by atoms with Gasteiger partial charge in [0.05, 0.1) is 0 Å². The van der Waals surface area contributed by atoms with Gasteiger partial charge in [-0.25, -0.2) is 4.39 Å².